The van der Waals surface area contributed by atoms with Gasteiger partial charge in [0, 0.05) is 44.3 Å². The fourth-order valence-electron chi connectivity index (χ4n) is 17.3. The van der Waals surface area contributed by atoms with Crippen LogP contribution in [0.3, 0.4) is 0 Å². The summed E-state index contributed by atoms with van der Waals surface area (Å²) in [5.74, 6) is 7.63. The van der Waals surface area contributed by atoms with E-state index in [2.05, 4.69) is 169 Å². The quantitative estimate of drug-likeness (QED) is 0.0381. The number of aromatic amines is 2. The molecule has 12 unspecified atom stereocenters. The summed E-state index contributed by atoms with van der Waals surface area (Å²) >= 11 is 0. The molecular formula is C88H150N4. The highest BCUT2D eigenvalue weighted by Crippen LogP contribution is 2.44. The van der Waals surface area contributed by atoms with Crippen molar-refractivity contribution in [3.63, 3.8) is 0 Å². The van der Waals surface area contributed by atoms with Gasteiger partial charge >= 0.3 is 0 Å². The molecular weight excluding hydrogens is 1110 g/mol. The lowest BCUT2D eigenvalue weighted by molar-refractivity contribution is 0.409. The van der Waals surface area contributed by atoms with E-state index in [4.69, 9.17) is 9.97 Å². The van der Waals surface area contributed by atoms with Gasteiger partial charge < -0.3 is 9.97 Å². The highest BCUT2D eigenvalue weighted by atomic mass is 14.8. The van der Waals surface area contributed by atoms with E-state index < -0.39 is 0 Å². The molecule has 2 N–H and O–H groups in total. The third-order valence-corrected chi connectivity index (χ3v) is 22.8. The average molecular weight is 1260 g/mol. The smallest absolute Gasteiger partial charge is 0.0693 e. The van der Waals surface area contributed by atoms with Crippen molar-refractivity contribution in [3.8, 4) is 0 Å². The molecule has 4 nitrogen and oxygen atoms in total. The Kier molecular flexibility index (Phi) is 38.9. The van der Waals surface area contributed by atoms with Gasteiger partial charge in [0.05, 0.1) is 22.8 Å². The third-order valence-electron chi connectivity index (χ3n) is 22.8. The van der Waals surface area contributed by atoms with Gasteiger partial charge in [-0.15, -0.1) is 0 Å². The lowest BCUT2D eigenvalue weighted by Gasteiger charge is -2.23. The number of H-pyrrole nitrogens is 2. The van der Waals surface area contributed by atoms with Crippen molar-refractivity contribution < 1.29 is 0 Å². The zero-order chi connectivity index (χ0) is 66.6. The van der Waals surface area contributed by atoms with Crippen LogP contribution in [0.25, 0.3) is 46.4 Å². The van der Waals surface area contributed by atoms with Gasteiger partial charge in [0.15, 0.2) is 0 Å². The van der Waals surface area contributed by atoms with Gasteiger partial charge in [-0.05, 0) is 171 Å². The molecule has 522 valence electrons. The highest BCUT2D eigenvalue weighted by Gasteiger charge is 2.28. The first-order valence-corrected chi connectivity index (χ1v) is 40.8. The summed E-state index contributed by atoms with van der Waals surface area (Å²) in [6.07, 6.45) is 61.0. The van der Waals surface area contributed by atoms with Crippen LogP contribution in [0.1, 0.15) is 436 Å². The van der Waals surface area contributed by atoms with E-state index in [1.54, 1.807) is 0 Å². The van der Waals surface area contributed by atoms with E-state index in [1.807, 2.05) is 0 Å². The van der Waals surface area contributed by atoms with Crippen molar-refractivity contribution in [2.75, 3.05) is 0 Å². The molecule has 0 radical (unpaired) electrons. The number of fused-ring (bicyclic) bond motifs is 8. The highest BCUT2D eigenvalue weighted by molar-refractivity contribution is 5.84. The minimum Gasteiger partial charge on any atom is -0.355 e. The molecule has 4 heteroatoms. The Hall–Kier alpha value is -3.40. The molecule has 12 atom stereocenters. The number of nitrogens with zero attached hydrogens (tertiary/aromatic N) is 2. The first-order chi connectivity index (χ1) is 44.6. The van der Waals surface area contributed by atoms with Crippen LogP contribution in [-0.4, -0.2) is 19.9 Å². The summed E-state index contributed by atoms with van der Waals surface area (Å²) < 4.78 is 0. The number of unbranched alkanes of at least 4 members (excludes halogenated alkanes) is 4. The SMILES string of the molecule is CCCC(C)CCCCC(CCC(C)CCC)c1c2nc(c(C(CCCCC(C)CCC)CCC(C)CCC)c3ccc([nH]3)c(C(CCCCC(C)CCC)CCC(C)CCC)c3nc(c(C(CCCCC(C)CCC)CCC(C)CCC)c4ccc1[nH]4)C=C3)C=C2. The van der Waals surface area contributed by atoms with Gasteiger partial charge in [0.25, 0.3) is 0 Å². The fourth-order valence-corrected chi connectivity index (χ4v) is 17.3. The summed E-state index contributed by atoms with van der Waals surface area (Å²) in [4.78, 5) is 21.2. The van der Waals surface area contributed by atoms with Crippen molar-refractivity contribution in [1.29, 1.82) is 0 Å². The van der Waals surface area contributed by atoms with Crippen molar-refractivity contribution in [2.24, 2.45) is 47.3 Å². The van der Waals surface area contributed by atoms with Crippen LogP contribution in [-0.2, 0) is 0 Å². The molecule has 5 rings (SSSR count). The zero-order valence-corrected chi connectivity index (χ0v) is 63.7. The molecule has 0 saturated carbocycles. The summed E-state index contributed by atoms with van der Waals surface area (Å²) in [7, 11) is 0. The van der Waals surface area contributed by atoms with Crippen LogP contribution in [0, 0.1) is 47.3 Å². The molecule has 8 bridgehead atoms. The van der Waals surface area contributed by atoms with Crippen LogP contribution in [0.2, 0.25) is 0 Å². The maximum absolute atomic E-state index is 6.17. The van der Waals surface area contributed by atoms with E-state index >= 15 is 0 Å². The zero-order valence-electron chi connectivity index (χ0n) is 63.7. The molecule has 0 aromatic carbocycles. The maximum atomic E-state index is 6.17. The number of aromatic nitrogens is 4. The molecule has 0 saturated heterocycles. The first kappa shape index (κ1) is 79.3. The lowest BCUT2D eigenvalue weighted by atomic mass is 9.84. The van der Waals surface area contributed by atoms with Gasteiger partial charge in [-0.1, -0.05) is 316 Å². The van der Waals surface area contributed by atoms with E-state index in [0.717, 1.165) is 23.7 Å². The molecule has 2 aliphatic rings. The van der Waals surface area contributed by atoms with Crippen molar-refractivity contribution >= 4 is 46.4 Å². The van der Waals surface area contributed by atoms with Crippen molar-refractivity contribution in [1.82, 2.24) is 19.9 Å². The van der Waals surface area contributed by atoms with Gasteiger partial charge in [-0.3, -0.25) is 0 Å². The van der Waals surface area contributed by atoms with Crippen molar-refractivity contribution in [3.05, 3.63) is 69.3 Å². The monoisotopic (exact) mass is 1260 g/mol. The number of rotatable bonds is 52. The Balaban J connectivity index is 1.99. The summed E-state index contributed by atoms with van der Waals surface area (Å²) in [6, 6.07) is 10.1. The second-order valence-electron chi connectivity index (χ2n) is 32.0. The topological polar surface area (TPSA) is 57.4 Å². The van der Waals surface area contributed by atoms with Crippen LogP contribution >= 0.6 is 0 Å². The summed E-state index contributed by atoms with van der Waals surface area (Å²) in [5.41, 5.74) is 15.9. The van der Waals surface area contributed by atoms with Crippen LogP contribution in [0.4, 0.5) is 0 Å². The van der Waals surface area contributed by atoms with Gasteiger partial charge in [-0.2, -0.15) is 0 Å². The van der Waals surface area contributed by atoms with Crippen molar-refractivity contribution in [2.45, 2.75) is 391 Å². The average Bonchev–Trinajstić information content (AvgIpc) is 1.62. The van der Waals surface area contributed by atoms with E-state index in [0.29, 0.717) is 47.3 Å². The minimum absolute atomic E-state index is 0.409. The maximum Gasteiger partial charge on any atom is 0.0693 e. The Morgan fingerprint density at radius 2 is 0.402 bits per heavy atom. The molecule has 0 aliphatic carbocycles. The summed E-state index contributed by atoms with van der Waals surface area (Å²) in [6.45, 7) is 39.1. The Morgan fingerprint density at radius 3 is 0.587 bits per heavy atom. The second kappa shape index (κ2) is 45.2. The third kappa shape index (κ3) is 27.2. The van der Waals surface area contributed by atoms with Crippen LogP contribution < -0.4 is 0 Å². The number of hydrogen-bond donors (Lipinski definition) is 2. The van der Waals surface area contributed by atoms with E-state index in [1.165, 1.54) is 324 Å². The van der Waals surface area contributed by atoms with E-state index in [9.17, 15) is 0 Å². The largest absolute Gasteiger partial charge is 0.355 e. The minimum atomic E-state index is 0.409. The van der Waals surface area contributed by atoms with Gasteiger partial charge in [0.2, 0.25) is 0 Å². The predicted molar refractivity (Wildman–Crippen MR) is 413 cm³/mol. The molecule has 92 heavy (non-hydrogen) atoms. The lowest BCUT2D eigenvalue weighted by Crippen LogP contribution is -2.08. The second-order valence-corrected chi connectivity index (χ2v) is 32.0. The Labute approximate surface area is 571 Å². The number of nitrogens with one attached hydrogen (secondary N) is 2. The molecule has 0 spiro atoms. The standard InChI is InChI=1S/C88H150N4/c1-17-33-65(9)41-25-29-45-73(53-49-69(13)37-21-5)85-77-57-59-79(89-77)86(74(54-50-70(14)38-22-6)46-30-26-42-66(10)34-18-2)81-61-63-83(91-81)88(76(56-52-72(16)40-24-8)48-32-28-44-68(12)36-20-4)84-64-62-82(92-84)87(80-60-58-78(85)90-80)75(55-51-71(15)39-23-7)47-31-27-43-67(11)35-19-3/h57-76,89,92H,17-56H2,1-16H3. The predicted octanol–water partition coefficient (Wildman–Crippen LogP) is 29.8. The molecule has 3 aromatic rings. The molecule has 3 aromatic heterocycles. The number of hydrogen-bond acceptors (Lipinski definition) is 2. The molecule has 2 aliphatic heterocycles. The molecule has 0 fully saturated rings. The Morgan fingerprint density at radius 1 is 0.228 bits per heavy atom. The molecule has 0 amide bonds. The van der Waals surface area contributed by atoms with Gasteiger partial charge in [-0.25, -0.2) is 9.97 Å². The van der Waals surface area contributed by atoms with Crippen LogP contribution in [0.15, 0.2) is 24.3 Å². The first-order valence-electron chi connectivity index (χ1n) is 40.8. The summed E-state index contributed by atoms with van der Waals surface area (Å²) in [5, 5.41) is 0. The van der Waals surface area contributed by atoms with E-state index in [-0.39, 0.29) is 0 Å². The van der Waals surface area contributed by atoms with Gasteiger partial charge in [0.1, 0.15) is 0 Å². The Bertz CT molecular complexity index is 2310. The normalized spacial score (nSPS) is 16.5. The van der Waals surface area contributed by atoms with Crippen LogP contribution in [0.5, 0.6) is 0 Å². The fraction of sp³-hybridized carbons (Fsp3) is 0.773. The molecule has 5 heterocycles.